The number of benzene rings is 8. The molecule has 0 unspecified atom stereocenters. The minimum atomic E-state index is 0.0975. The SMILES string of the molecule is CCCCOc1ccc2cc(-c3ccc4c(c3)c3cc(-c5ccc6cc(OCCCC)ccc6c5)ccc3n4-c3nc(-c4ccc(C(C)(CC)CC)cc4)nc(-c4ccc(C(C)(CC)CC)cc4)n3)ccc2c1. The number of nitrogens with zero attached hydrogens (tertiary/aromatic N) is 4. The van der Waals surface area contributed by atoms with Crippen LogP contribution in [0.15, 0.2) is 158 Å². The molecule has 10 aromatic rings. The maximum absolute atomic E-state index is 6.07. The molecule has 0 aliphatic carbocycles. The molecule has 0 N–H and O–H groups in total. The largest absolute Gasteiger partial charge is 0.494 e. The average molecular weight is 963 g/mol. The fraction of sp³-hybridized carbons (Fsp3) is 0.299. The van der Waals surface area contributed by atoms with Crippen LogP contribution in [0.1, 0.15) is 118 Å². The molecule has 73 heavy (non-hydrogen) atoms. The standard InChI is InChI=1S/C67H70N4O2/c1-9-15-37-72-57-33-25-49-39-47(17-19-51(49)41-57)53-27-35-61-59(43-53)60-44-54(48-18-20-52-42-58(73-38-16-10-2)34-26-50(52)40-48)28-36-62(60)71(61)65-69-63(45-21-29-55(30-22-45)66(7,11-3)12-4)68-64(70-65)46-23-31-56(32-24-46)67(8,13-5)14-6/h17-36,39-44H,9-16,37-38H2,1-8H3. The number of unbranched alkanes of at least 4 members (excludes halogenated alkanes) is 2. The van der Waals surface area contributed by atoms with Crippen molar-refractivity contribution in [2.45, 2.75) is 118 Å². The summed E-state index contributed by atoms with van der Waals surface area (Å²) < 4.78 is 14.4. The quantitative estimate of drug-likeness (QED) is 0.0756. The number of ether oxygens (including phenoxy) is 2. The van der Waals surface area contributed by atoms with Gasteiger partial charge in [-0.1, -0.05) is 165 Å². The second kappa shape index (κ2) is 21.0. The molecule has 0 aliphatic heterocycles. The molecule has 0 atom stereocenters. The molecule has 0 bridgehead atoms. The molecule has 10 rings (SSSR count). The first kappa shape index (κ1) is 49.3. The Bertz CT molecular complexity index is 3330. The predicted octanol–water partition coefficient (Wildman–Crippen LogP) is 18.5. The van der Waals surface area contributed by atoms with Crippen LogP contribution in [0.4, 0.5) is 0 Å². The summed E-state index contributed by atoms with van der Waals surface area (Å²) in [4.78, 5) is 16.1. The van der Waals surface area contributed by atoms with Gasteiger partial charge in [-0.3, -0.25) is 4.57 Å². The summed E-state index contributed by atoms with van der Waals surface area (Å²) in [5, 5.41) is 6.92. The van der Waals surface area contributed by atoms with Gasteiger partial charge in [0.1, 0.15) is 11.5 Å². The number of rotatable bonds is 19. The monoisotopic (exact) mass is 963 g/mol. The summed E-state index contributed by atoms with van der Waals surface area (Å²) in [6.07, 6.45) is 8.57. The third-order valence-electron chi connectivity index (χ3n) is 16.2. The van der Waals surface area contributed by atoms with Crippen LogP contribution in [-0.4, -0.2) is 32.7 Å². The zero-order chi connectivity index (χ0) is 50.7. The summed E-state index contributed by atoms with van der Waals surface area (Å²) in [7, 11) is 0. The van der Waals surface area contributed by atoms with E-state index in [4.69, 9.17) is 24.4 Å². The molecule has 8 aromatic carbocycles. The molecule has 0 fully saturated rings. The van der Waals surface area contributed by atoms with Gasteiger partial charge in [0.25, 0.3) is 0 Å². The van der Waals surface area contributed by atoms with Gasteiger partial charge in [0.2, 0.25) is 5.95 Å². The van der Waals surface area contributed by atoms with E-state index in [9.17, 15) is 0 Å². The summed E-state index contributed by atoms with van der Waals surface area (Å²) in [5.74, 6) is 3.70. The van der Waals surface area contributed by atoms with Crippen LogP contribution < -0.4 is 9.47 Å². The van der Waals surface area contributed by atoms with E-state index in [2.05, 4.69) is 218 Å². The Hall–Kier alpha value is -7.31. The highest BCUT2D eigenvalue weighted by Crippen LogP contribution is 2.40. The number of aromatic nitrogens is 4. The Morgan fingerprint density at radius 3 is 1.14 bits per heavy atom. The lowest BCUT2D eigenvalue weighted by molar-refractivity contribution is 0.309. The van der Waals surface area contributed by atoms with Crippen LogP contribution in [0.2, 0.25) is 0 Å². The van der Waals surface area contributed by atoms with Crippen molar-refractivity contribution in [1.82, 2.24) is 19.5 Å². The van der Waals surface area contributed by atoms with Crippen LogP contribution in [-0.2, 0) is 10.8 Å². The van der Waals surface area contributed by atoms with Crippen LogP contribution in [0, 0.1) is 0 Å². The van der Waals surface area contributed by atoms with Crippen LogP contribution in [0.25, 0.3) is 94.3 Å². The minimum Gasteiger partial charge on any atom is -0.494 e. The van der Waals surface area contributed by atoms with Crippen molar-refractivity contribution in [3.63, 3.8) is 0 Å². The third kappa shape index (κ3) is 9.85. The fourth-order valence-electron chi connectivity index (χ4n) is 10.3. The molecule has 0 saturated heterocycles. The molecule has 6 heteroatoms. The van der Waals surface area contributed by atoms with E-state index >= 15 is 0 Å². The Morgan fingerprint density at radius 2 is 0.740 bits per heavy atom. The highest BCUT2D eigenvalue weighted by atomic mass is 16.5. The smallest absolute Gasteiger partial charge is 0.238 e. The summed E-state index contributed by atoms with van der Waals surface area (Å²) in [6, 6.07) is 57.8. The van der Waals surface area contributed by atoms with Gasteiger partial charge < -0.3 is 9.47 Å². The highest BCUT2D eigenvalue weighted by molar-refractivity contribution is 6.12. The second-order valence-electron chi connectivity index (χ2n) is 20.6. The summed E-state index contributed by atoms with van der Waals surface area (Å²) in [5.41, 5.74) is 11.4. The minimum absolute atomic E-state index is 0.0975. The van der Waals surface area contributed by atoms with E-state index in [-0.39, 0.29) is 10.8 Å². The van der Waals surface area contributed by atoms with E-state index in [1.54, 1.807) is 0 Å². The van der Waals surface area contributed by atoms with Crippen molar-refractivity contribution >= 4 is 43.4 Å². The van der Waals surface area contributed by atoms with Crippen LogP contribution in [0.3, 0.4) is 0 Å². The maximum Gasteiger partial charge on any atom is 0.238 e. The maximum atomic E-state index is 6.07. The van der Waals surface area contributed by atoms with E-state index < -0.39 is 0 Å². The van der Waals surface area contributed by atoms with Crippen molar-refractivity contribution < 1.29 is 9.47 Å². The van der Waals surface area contributed by atoms with Crippen molar-refractivity contribution in [2.75, 3.05) is 13.2 Å². The Labute approximate surface area is 432 Å². The zero-order valence-corrected chi connectivity index (χ0v) is 44.2. The second-order valence-corrected chi connectivity index (χ2v) is 20.6. The third-order valence-corrected chi connectivity index (χ3v) is 16.2. The fourth-order valence-corrected chi connectivity index (χ4v) is 10.3. The lowest BCUT2D eigenvalue weighted by Gasteiger charge is -2.27. The van der Waals surface area contributed by atoms with Crippen molar-refractivity contribution in [1.29, 1.82) is 0 Å². The van der Waals surface area contributed by atoms with Gasteiger partial charge in [0.05, 0.1) is 24.2 Å². The predicted molar refractivity (Wildman–Crippen MR) is 308 cm³/mol. The number of fused-ring (bicyclic) bond motifs is 5. The molecule has 2 heterocycles. The zero-order valence-electron chi connectivity index (χ0n) is 44.2. The van der Waals surface area contributed by atoms with Gasteiger partial charge in [0, 0.05) is 21.9 Å². The van der Waals surface area contributed by atoms with Crippen molar-refractivity contribution in [3.8, 4) is 62.5 Å². The molecule has 0 aliphatic rings. The lowest BCUT2D eigenvalue weighted by Crippen LogP contribution is -2.19. The molecule has 0 amide bonds. The Kier molecular flexibility index (Phi) is 14.2. The average Bonchev–Trinajstić information content (AvgIpc) is 3.77. The molecule has 370 valence electrons. The number of hydrogen-bond donors (Lipinski definition) is 0. The molecular weight excluding hydrogens is 893 g/mol. The first-order chi connectivity index (χ1) is 35.6. The van der Waals surface area contributed by atoms with Crippen LogP contribution >= 0.6 is 0 Å². The molecular formula is C67H70N4O2. The van der Waals surface area contributed by atoms with Crippen molar-refractivity contribution in [3.05, 3.63) is 169 Å². The first-order valence-electron chi connectivity index (χ1n) is 27.0. The molecule has 6 nitrogen and oxygen atoms in total. The normalized spacial score (nSPS) is 12.1. The highest BCUT2D eigenvalue weighted by Gasteiger charge is 2.25. The Balaban J connectivity index is 1.14. The topological polar surface area (TPSA) is 62.1 Å². The summed E-state index contributed by atoms with van der Waals surface area (Å²) >= 11 is 0. The van der Waals surface area contributed by atoms with E-state index in [0.717, 1.165) is 142 Å². The first-order valence-corrected chi connectivity index (χ1v) is 27.0. The van der Waals surface area contributed by atoms with Gasteiger partial charge in [-0.15, -0.1) is 0 Å². The lowest BCUT2D eigenvalue weighted by atomic mass is 9.78. The molecule has 0 radical (unpaired) electrons. The molecule has 0 spiro atoms. The van der Waals surface area contributed by atoms with Gasteiger partial charge in [0.15, 0.2) is 11.6 Å². The summed E-state index contributed by atoms with van der Waals surface area (Å²) in [6.45, 7) is 19.7. The van der Waals surface area contributed by atoms with Crippen LogP contribution in [0.5, 0.6) is 11.5 Å². The van der Waals surface area contributed by atoms with Crippen molar-refractivity contribution in [2.24, 2.45) is 0 Å². The Morgan fingerprint density at radius 1 is 0.384 bits per heavy atom. The molecule has 0 saturated carbocycles. The van der Waals surface area contributed by atoms with Gasteiger partial charge in [-0.2, -0.15) is 9.97 Å². The van der Waals surface area contributed by atoms with Gasteiger partial charge >= 0.3 is 0 Å². The molecule has 2 aromatic heterocycles. The van der Waals surface area contributed by atoms with E-state index in [1.165, 1.54) is 21.9 Å². The van der Waals surface area contributed by atoms with Gasteiger partial charge in [-0.25, -0.2) is 4.98 Å². The van der Waals surface area contributed by atoms with E-state index in [0.29, 0.717) is 17.6 Å². The van der Waals surface area contributed by atoms with Gasteiger partial charge in [-0.05, 0) is 165 Å². The number of hydrogen-bond acceptors (Lipinski definition) is 5. The van der Waals surface area contributed by atoms with E-state index in [1.807, 2.05) is 0 Å².